The minimum absolute atomic E-state index is 0. The summed E-state index contributed by atoms with van der Waals surface area (Å²) in [4.78, 5) is 14.3. The quantitative estimate of drug-likeness (QED) is 0.898. The molecule has 128 valence electrons. The van der Waals surface area contributed by atoms with E-state index in [1.807, 2.05) is 44.2 Å². The maximum atomic E-state index is 14.5. The van der Waals surface area contributed by atoms with Gasteiger partial charge in [-0.05, 0) is 37.1 Å². The van der Waals surface area contributed by atoms with E-state index in [0.29, 0.717) is 6.54 Å². The van der Waals surface area contributed by atoms with E-state index in [2.05, 4.69) is 5.32 Å². The number of hydrogen-bond donors (Lipinski definition) is 1. The molecular formula is C19H22ClFN2O. The summed E-state index contributed by atoms with van der Waals surface area (Å²) < 4.78 is 14.5. The third kappa shape index (κ3) is 3.77. The van der Waals surface area contributed by atoms with Crippen LogP contribution in [0.1, 0.15) is 22.8 Å². The fraction of sp³-hybridized carbons (Fsp3) is 0.316. The van der Waals surface area contributed by atoms with Crippen LogP contribution in [0.5, 0.6) is 0 Å². The number of halogens is 2. The van der Waals surface area contributed by atoms with Crippen molar-refractivity contribution in [1.82, 2.24) is 10.2 Å². The molecule has 2 aromatic rings. The molecule has 3 nitrogen and oxygen atoms in total. The third-order valence-corrected chi connectivity index (χ3v) is 4.35. The molecule has 24 heavy (non-hydrogen) atoms. The van der Waals surface area contributed by atoms with Gasteiger partial charge < -0.3 is 10.2 Å². The lowest BCUT2D eigenvalue weighted by Crippen LogP contribution is -2.52. The Labute approximate surface area is 148 Å². The number of nitrogens with zero attached hydrogens (tertiary/aromatic N) is 1. The van der Waals surface area contributed by atoms with Gasteiger partial charge in [0.25, 0.3) is 5.91 Å². The number of carbonyl (C=O) groups is 1. The summed E-state index contributed by atoms with van der Waals surface area (Å²) in [5, 5.41) is 3.23. The van der Waals surface area contributed by atoms with Crippen LogP contribution in [0.15, 0.2) is 42.5 Å². The summed E-state index contributed by atoms with van der Waals surface area (Å²) in [5.41, 5.74) is 3.04. The Morgan fingerprint density at radius 3 is 2.46 bits per heavy atom. The van der Waals surface area contributed by atoms with Gasteiger partial charge in [0, 0.05) is 25.7 Å². The highest BCUT2D eigenvalue weighted by atomic mass is 35.5. The number of benzene rings is 2. The maximum absolute atomic E-state index is 14.5. The average molecular weight is 349 g/mol. The second-order valence-corrected chi connectivity index (χ2v) is 6.11. The van der Waals surface area contributed by atoms with Crippen LogP contribution in [0.25, 0.3) is 11.1 Å². The first kappa shape index (κ1) is 18.4. The van der Waals surface area contributed by atoms with Crippen LogP contribution in [0.2, 0.25) is 0 Å². The molecule has 0 spiro atoms. The van der Waals surface area contributed by atoms with E-state index >= 15 is 0 Å². The second-order valence-electron chi connectivity index (χ2n) is 6.11. The number of rotatable bonds is 2. The van der Waals surface area contributed by atoms with Crippen LogP contribution in [0.4, 0.5) is 4.39 Å². The van der Waals surface area contributed by atoms with Crippen LogP contribution in [-0.2, 0) is 0 Å². The van der Waals surface area contributed by atoms with E-state index in [1.54, 1.807) is 11.0 Å². The summed E-state index contributed by atoms with van der Waals surface area (Å²) in [6, 6.07) is 12.9. The predicted octanol–water partition coefficient (Wildman–Crippen LogP) is 3.66. The van der Waals surface area contributed by atoms with Gasteiger partial charge in [0.15, 0.2) is 0 Å². The Kier molecular flexibility index (Phi) is 5.97. The number of piperazine rings is 1. The maximum Gasteiger partial charge on any atom is 0.257 e. The average Bonchev–Trinajstić information content (AvgIpc) is 2.55. The van der Waals surface area contributed by atoms with Gasteiger partial charge in [-0.15, -0.1) is 12.4 Å². The molecule has 0 bridgehead atoms. The van der Waals surface area contributed by atoms with Crippen molar-refractivity contribution in [2.24, 2.45) is 0 Å². The van der Waals surface area contributed by atoms with E-state index < -0.39 is 5.82 Å². The summed E-state index contributed by atoms with van der Waals surface area (Å²) in [5.74, 6) is -0.689. The smallest absolute Gasteiger partial charge is 0.257 e. The molecule has 1 heterocycles. The SMILES string of the molecule is Cc1ccc(-c2ccc(C(=O)N3CCNC[C@@H]3C)c(F)c2)cc1.Cl. The molecule has 3 rings (SSSR count). The van der Waals surface area contributed by atoms with Gasteiger partial charge in [-0.2, -0.15) is 0 Å². The topological polar surface area (TPSA) is 32.3 Å². The van der Waals surface area contributed by atoms with Crippen LogP contribution in [0, 0.1) is 12.7 Å². The molecule has 1 fully saturated rings. The van der Waals surface area contributed by atoms with Crippen molar-refractivity contribution in [2.75, 3.05) is 19.6 Å². The highest BCUT2D eigenvalue weighted by molar-refractivity contribution is 5.95. The van der Waals surface area contributed by atoms with Crippen LogP contribution >= 0.6 is 12.4 Å². The first-order valence-corrected chi connectivity index (χ1v) is 7.94. The predicted molar refractivity (Wildman–Crippen MR) is 97.2 cm³/mol. The van der Waals surface area contributed by atoms with Crippen molar-refractivity contribution >= 4 is 18.3 Å². The lowest BCUT2D eigenvalue weighted by molar-refractivity contribution is 0.0651. The number of hydrogen-bond acceptors (Lipinski definition) is 2. The fourth-order valence-electron chi connectivity index (χ4n) is 2.91. The Hall–Kier alpha value is -1.91. The Morgan fingerprint density at radius 2 is 1.83 bits per heavy atom. The molecule has 0 radical (unpaired) electrons. The molecule has 5 heteroatoms. The summed E-state index contributed by atoms with van der Waals surface area (Å²) in [6.07, 6.45) is 0. The van der Waals surface area contributed by atoms with Crippen molar-refractivity contribution in [3.63, 3.8) is 0 Å². The van der Waals surface area contributed by atoms with E-state index in [-0.39, 0.29) is 29.9 Å². The molecule has 0 saturated carbocycles. The first-order chi connectivity index (χ1) is 11.1. The summed E-state index contributed by atoms with van der Waals surface area (Å²) in [6.45, 7) is 6.09. The van der Waals surface area contributed by atoms with Gasteiger partial charge in [-0.3, -0.25) is 4.79 Å². The molecule has 0 unspecified atom stereocenters. The van der Waals surface area contributed by atoms with Crippen molar-refractivity contribution < 1.29 is 9.18 Å². The zero-order valence-corrected chi connectivity index (χ0v) is 14.7. The Bertz CT molecular complexity index is 718. The molecule has 2 aromatic carbocycles. The largest absolute Gasteiger partial charge is 0.333 e. The molecule has 0 aliphatic carbocycles. The van der Waals surface area contributed by atoms with Gasteiger partial charge in [0.1, 0.15) is 5.82 Å². The molecule has 1 aliphatic rings. The first-order valence-electron chi connectivity index (χ1n) is 7.94. The van der Waals surface area contributed by atoms with Crippen molar-refractivity contribution in [2.45, 2.75) is 19.9 Å². The van der Waals surface area contributed by atoms with E-state index in [1.165, 1.54) is 6.07 Å². The monoisotopic (exact) mass is 348 g/mol. The lowest BCUT2D eigenvalue weighted by Gasteiger charge is -2.34. The minimum Gasteiger partial charge on any atom is -0.333 e. The van der Waals surface area contributed by atoms with Crippen molar-refractivity contribution in [3.05, 3.63) is 59.4 Å². The lowest BCUT2D eigenvalue weighted by atomic mass is 10.0. The van der Waals surface area contributed by atoms with Gasteiger partial charge >= 0.3 is 0 Å². The summed E-state index contributed by atoms with van der Waals surface area (Å²) in [7, 11) is 0. The normalized spacial score (nSPS) is 17.3. The Morgan fingerprint density at radius 1 is 1.17 bits per heavy atom. The number of nitrogens with one attached hydrogen (secondary N) is 1. The zero-order chi connectivity index (χ0) is 16.4. The van der Waals surface area contributed by atoms with Crippen LogP contribution in [-0.4, -0.2) is 36.5 Å². The van der Waals surface area contributed by atoms with Crippen LogP contribution in [0.3, 0.4) is 0 Å². The standard InChI is InChI=1S/C19H21FN2O.ClH/c1-13-3-5-15(6-4-13)16-7-8-17(18(20)11-16)19(23)22-10-9-21-12-14(22)2;/h3-8,11,14,21H,9-10,12H2,1-2H3;1H/t14-;/m0./s1. The number of aryl methyl sites for hydroxylation is 1. The van der Waals surface area contributed by atoms with E-state index in [9.17, 15) is 9.18 Å². The molecule has 0 aromatic heterocycles. The highest BCUT2D eigenvalue weighted by Crippen LogP contribution is 2.23. The van der Waals surface area contributed by atoms with E-state index in [4.69, 9.17) is 0 Å². The zero-order valence-electron chi connectivity index (χ0n) is 13.9. The molecule has 1 atom stereocenters. The molecule has 1 aliphatic heterocycles. The van der Waals surface area contributed by atoms with Gasteiger partial charge in [0.05, 0.1) is 5.56 Å². The third-order valence-electron chi connectivity index (χ3n) is 4.35. The van der Waals surface area contributed by atoms with Gasteiger partial charge in [-0.1, -0.05) is 35.9 Å². The fourth-order valence-corrected chi connectivity index (χ4v) is 2.91. The molecular weight excluding hydrogens is 327 g/mol. The highest BCUT2D eigenvalue weighted by Gasteiger charge is 2.26. The molecule has 1 N–H and O–H groups in total. The van der Waals surface area contributed by atoms with Crippen molar-refractivity contribution in [3.8, 4) is 11.1 Å². The summed E-state index contributed by atoms with van der Waals surface area (Å²) >= 11 is 0. The number of carbonyl (C=O) groups excluding carboxylic acids is 1. The Balaban J connectivity index is 0.00000208. The van der Waals surface area contributed by atoms with Crippen molar-refractivity contribution in [1.29, 1.82) is 0 Å². The molecule has 1 saturated heterocycles. The second kappa shape index (κ2) is 7.77. The number of amides is 1. The van der Waals surface area contributed by atoms with Crippen LogP contribution < -0.4 is 5.32 Å². The van der Waals surface area contributed by atoms with Gasteiger partial charge in [0.2, 0.25) is 0 Å². The molecule has 1 amide bonds. The van der Waals surface area contributed by atoms with E-state index in [0.717, 1.165) is 29.8 Å². The van der Waals surface area contributed by atoms with Gasteiger partial charge in [-0.25, -0.2) is 4.39 Å². The minimum atomic E-state index is -0.459.